The van der Waals surface area contributed by atoms with E-state index in [9.17, 15) is 0 Å². The molecule has 0 saturated carbocycles. The third-order valence-electron chi connectivity index (χ3n) is 4.27. The van der Waals surface area contributed by atoms with Crippen molar-refractivity contribution in [3.05, 3.63) is 60.0 Å². The molecule has 4 nitrogen and oxygen atoms in total. The number of nitrogens with zero attached hydrogens (tertiary/aromatic N) is 3. The number of para-hydroxylation sites is 1. The minimum Gasteiger partial charge on any atom is -0.289 e. The number of aromatic amines is 1. The predicted octanol–water partition coefficient (Wildman–Crippen LogP) is 3.30. The van der Waals surface area contributed by atoms with E-state index in [1.807, 2.05) is 12.3 Å². The van der Waals surface area contributed by atoms with Crippen molar-refractivity contribution in [1.29, 1.82) is 0 Å². The van der Waals surface area contributed by atoms with Crippen molar-refractivity contribution in [2.24, 2.45) is 0 Å². The van der Waals surface area contributed by atoms with E-state index in [0.29, 0.717) is 6.04 Å². The molecule has 3 aromatic rings. The topological polar surface area (TPSA) is 44.8 Å². The molecule has 4 heteroatoms. The van der Waals surface area contributed by atoms with E-state index >= 15 is 0 Å². The third kappa shape index (κ3) is 2.43. The number of hydrogen-bond donors (Lipinski definition) is 1. The zero-order valence-electron chi connectivity index (χ0n) is 11.9. The van der Waals surface area contributed by atoms with Crippen molar-refractivity contribution in [3.63, 3.8) is 0 Å². The Kier molecular flexibility index (Phi) is 3.16. The van der Waals surface area contributed by atoms with E-state index in [4.69, 9.17) is 4.98 Å². The molecule has 1 fully saturated rings. The van der Waals surface area contributed by atoms with Crippen LogP contribution in [-0.2, 0) is 6.54 Å². The standard InChI is InChI=1S/C17H18N4/c1-2-5-15-13(4-1)7-8-14(19-15)12-21-11-3-6-17(21)16-9-10-18-20-16/h1-2,4-5,7-10,17H,3,6,11-12H2,(H,18,20)/t17-/m0/s1. The highest BCUT2D eigenvalue weighted by Crippen LogP contribution is 2.31. The Morgan fingerprint density at radius 3 is 3.00 bits per heavy atom. The summed E-state index contributed by atoms with van der Waals surface area (Å²) in [4.78, 5) is 7.28. The van der Waals surface area contributed by atoms with Gasteiger partial charge in [0, 0.05) is 18.1 Å². The Balaban J connectivity index is 1.59. The maximum Gasteiger partial charge on any atom is 0.0705 e. The molecule has 1 atom stereocenters. The Hall–Kier alpha value is -2.20. The molecule has 1 aliphatic heterocycles. The molecule has 1 saturated heterocycles. The first-order valence-corrected chi connectivity index (χ1v) is 7.48. The largest absolute Gasteiger partial charge is 0.289 e. The van der Waals surface area contributed by atoms with Crippen LogP contribution in [0, 0.1) is 0 Å². The van der Waals surface area contributed by atoms with Crippen molar-refractivity contribution in [1.82, 2.24) is 20.1 Å². The smallest absolute Gasteiger partial charge is 0.0705 e. The first-order chi connectivity index (χ1) is 10.4. The van der Waals surface area contributed by atoms with Gasteiger partial charge in [0.25, 0.3) is 0 Å². The van der Waals surface area contributed by atoms with Crippen LogP contribution in [0.25, 0.3) is 10.9 Å². The third-order valence-corrected chi connectivity index (χ3v) is 4.27. The average Bonchev–Trinajstić information content (AvgIpc) is 3.18. The second-order valence-corrected chi connectivity index (χ2v) is 5.64. The lowest BCUT2D eigenvalue weighted by atomic mass is 10.1. The Morgan fingerprint density at radius 1 is 1.14 bits per heavy atom. The number of aromatic nitrogens is 3. The zero-order valence-corrected chi connectivity index (χ0v) is 11.9. The molecule has 0 spiro atoms. The average molecular weight is 278 g/mol. The molecule has 106 valence electrons. The number of nitrogens with one attached hydrogen (secondary N) is 1. The highest BCUT2D eigenvalue weighted by molar-refractivity contribution is 5.78. The highest BCUT2D eigenvalue weighted by Gasteiger charge is 2.27. The molecule has 0 bridgehead atoms. The first kappa shape index (κ1) is 12.5. The van der Waals surface area contributed by atoms with E-state index in [-0.39, 0.29) is 0 Å². The summed E-state index contributed by atoms with van der Waals surface area (Å²) in [5.41, 5.74) is 3.43. The second-order valence-electron chi connectivity index (χ2n) is 5.64. The SMILES string of the molecule is c1ccc2nc(CN3CCC[C@H]3c3ccn[nH]3)ccc2c1. The predicted molar refractivity (Wildman–Crippen MR) is 82.7 cm³/mol. The lowest BCUT2D eigenvalue weighted by Crippen LogP contribution is -2.23. The highest BCUT2D eigenvalue weighted by atomic mass is 15.2. The number of rotatable bonds is 3. The molecule has 3 heterocycles. The van der Waals surface area contributed by atoms with E-state index < -0.39 is 0 Å². The van der Waals surface area contributed by atoms with E-state index in [0.717, 1.165) is 24.3 Å². The molecule has 0 unspecified atom stereocenters. The van der Waals surface area contributed by atoms with Gasteiger partial charge in [-0.3, -0.25) is 15.0 Å². The monoisotopic (exact) mass is 278 g/mol. The molecule has 1 aliphatic rings. The van der Waals surface area contributed by atoms with Crippen LogP contribution in [0.4, 0.5) is 0 Å². The van der Waals surface area contributed by atoms with Crippen LogP contribution in [0.5, 0.6) is 0 Å². The van der Waals surface area contributed by atoms with Crippen molar-refractivity contribution >= 4 is 10.9 Å². The van der Waals surface area contributed by atoms with Gasteiger partial charge in [-0.25, -0.2) is 0 Å². The summed E-state index contributed by atoms with van der Waals surface area (Å²) in [5.74, 6) is 0. The minimum absolute atomic E-state index is 0.445. The van der Waals surface area contributed by atoms with Crippen molar-refractivity contribution in [2.45, 2.75) is 25.4 Å². The van der Waals surface area contributed by atoms with Crippen molar-refractivity contribution < 1.29 is 0 Å². The summed E-state index contributed by atoms with van der Waals surface area (Å²) < 4.78 is 0. The maximum atomic E-state index is 4.79. The molecule has 21 heavy (non-hydrogen) atoms. The number of pyridine rings is 1. The fourth-order valence-electron chi connectivity index (χ4n) is 3.22. The molecule has 1 aromatic carbocycles. The molecule has 1 N–H and O–H groups in total. The number of benzene rings is 1. The van der Waals surface area contributed by atoms with Crippen LogP contribution in [0.2, 0.25) is 0 Å². The van der Waals surface area contributed by atoms with Gasteiger partial charge in [-0.1, -0.05) is 24.3 Å². The number of hydrogen-bond acceptors (Lipinski definition) is 3. The summed E-state index contributed by atoms with van der Waals surface area (Å²) in [5, 5.41) is 8.40. The van der Waals surface area contributed by atoms with Crippen LogP contribution in [-0.4, -0.2) is 26.6 Å². The molecular weight excluding hydrogens is 260 g/mol. The summed E-state index contributed by atoms with van der Waals surface area (Å²) >= 11 is 0. The Labute approximate surface area is 123 Å². The molecule has 0 aliphatic carbocycles. The fourth-order valence-corrected chi connectivity index (χ4v) is 3.22. The molecular formula is C17H18N4. The Bertz CT molecular complexity index is 735. The van der Waals surface area contributed by atoms with Gasteiger partial charge < -0.3 is 0 Å². The lowest BCUT2D eigenvalue weighted by Gasteiger charge is -2.23. The zero-order chi connectivity index (χ0) is 14.1. The van der Waals surface area contributed by atoms with Gasteiger partial charge in [0.2, 0.25) is 0 Å². The number of H-pyrrole nitrogens is 1. The van der Waals surface area contributed by atoms with Gasteiger partial charge in [0.15, 0.2) is 0 Å². The first-order valence-electron chi connectivity index (χ1n) is 7.48. The quantitative estimate of drug-likeness (QED) is 0.799. The molecule has 4 rings (SSSR count). The molecule has 2 aromatic heterocycles. The van der Waals surface area contributed by atoms with E-state index in [1.54, 1.807) is 0 Å². The van der Waals surface area contributed by atoms with Gasteiger partial charge in [0.05, 0.1) is 22.9 Å². The van der Waals surface area contributed by atoms with Crippen molar-refractivity contribution in [3.8, 4) is 0 Å². The van der Waals surface area contributed by atoms with Gasteiger partial charge in [0.1, 0.15) is 0 Å². The second kappa shape index (κ2) is 5.30. The van der Waals surface area contributed by atoms with Crippen LogP contribution in [0.3, 0.4) is 0 Å². The van der Waals surface area contributed by atoms with Gasteiger partial charge in [-0.05, 0) is 37.6 Å². The number of likely N-dealkylation sites (tertiary alicyclic amines) is 1. The van der Waals surface area contributed by atoms with Crippen LogP contribution < -0.4 is 0 Å². The fraction of sp³-hybridized carbons (Fsp3) is 0.294. The summed E-state index contributed by atoms with van der Waals surface area (Å²) in [7, 11) is 0. The summed E-state index contributed by atoms with van der Waals surface area (Å²) in [6, 6.07) is 15.1. The van der Waals surface area contributed by atoms with E-state index in [1.165, 1.54) is 23.9 Å². The van der Waals surface area contributed by atoms with Gasteiger partial charge in [-0.2, -0.15) is 5.10 Å². The van der Waals surface area contributed by atoms with Crippen molar-refractivity contribution in [2.75, 3.05) is 6.54 Å². The minimum atomic E-state index is 0.445. The van der Waals surface area contributed by atoms with E-state index in [2.05, 4.69) is 51.5 Å². The molecule has 0 amide bonds. The lowest BCUT2D eigenvalue weighted by molar-refractivity contribution is 0.241. The number of fused-ring (bicyclic) bond motifs is 1. The maximum absolute atomic E-state index is 4.79. The van der Waals surface area contributed by atoms with Crippen LogP contribution >= 0.6 is 0 Å². The Morgan fingerprint density at radius 2 is 2.10 bits per heavy atom. The summed E-state index contributed by atoms with van der Waals surface area (Å²) in [6.45, 7) is 2.02. The summed E-state index contributed by atoms with van der Waals surface area (Å²) in [6.07, 6.45) is 4.26. The van der Waals surface area contributed by atoms with Crippen LogP contribution in [0.15, 0.2) is 48.7 Å². The normalized spacial score (nSPS) is 19.3. The molecule has 0 radical (unpaired) electrons. The van der Waals surface area contributed by atoms with Crippen LogP contribution in [0.1, 0.15) is 30.3 Å². The van der Waals surface area contributed by atoms with Gasteiger partial charge in [-0.15, -0.1) is 0 Å². The van der Waals surface area contributed by atoms with Gasteiger partial charge >= 0.3 is 0 Å².